The van der Waals surface area contributed by atoms with Crippen molar-refractivity contribution in [2.24, 2.45) is 0 Å². The molecule has 2 unspecified atom stereocenters. The zero-order valence-electron chi connectivity index (χ0n) is 33.4. The van der Waals surface area contributed by atoms with E-state index in [1.54, 1.807) is 0 Å². The van der Waals surface area contributed by atoms with Crippen LogP contribution in [0.25, 0.3) is 0 Å². The van der Waals surface area contributed by atoms with Gasteiger partial charge < -0.3 is 27.9 Å². The van der Waals surface area contributed by atoms with E-state index in [9.17, 15) is 14.3 Å². The van der Waals surface area contributed by atoms with E-state index in [1.165, 1.54) is 96.3 Å². The normalized spacial score (nSPS) is 14.1. The van der Waals surface area contributed by atoms with E-state index in [1.807, 2.05) is 21.1 Å². The number of allylic oxidation sites excluding steroid dienone is 4. The first-order valence-electron chi connectivity index (χ1n) is 20.6. The molecule has 0 amide bonds. The van der Waals surface area contributed by atoms with Crippen molar-refractivity contribution in [2.45, 2.75) is 180 Å². The predicted octanol–water partition coefficient (Wildman–Crippen LogP) is 11.0. The number of likely N-dealkylation sites (N-methyl/N-ethyl adjacent to an activating group) is 1. The molecule has 0 rings (SSSR count). The molecule has 0 aromatic heterocycles. The lowest BCUT2D eigenvalue weighted by molar-refractivity contribution is -0.870. The second-order valence-corrected chi connectivity index (χ2v) is 16.4. The molecule has 0 aromatic rings. The molecule has 0 bridgehead atoms. The van der Waals surface area contributed by atoms with Crippen molar-refractivity contribution in [3.05, 3.63) is 24.3 Å². The molecular weight excluding hydrogens is 649 g/mol. The van der Waals surface area contributed by atoms with Crippen molar-refractivity contribution in [1.29, 1.82) is 0 Å². The van der Waals surface area contributed by atoms with Crippen molar-refractivity contribution >= 4 is 13.8 Å². The molecule has 0 spiro atoms. The number of phosphoric acid groups is 1. The van der Waals surface area contributed by atoms with Crippen LogP contribution in [-0.2, 0) is 27.9 Å². The van der Waals surface area contributed by atoms with Gasteiger partial charge in [0.05, 0.1) is 34.4 Å². The molecule has 9 heteroatoms. The van der Waals surface area contributed by atoms with Gasteiger partial charge in [0.15, 0.2) is 0 Å². The summed E-state index contributed by atoms with van der Waals surface area (Å²) in [4.78, 5) is 25.0. The monoisotopic (exact) mass is 730 g/mol. The number of carbonyl (C=O) groups is 1. The second-order valence-electron chi connectivity index (χ2n) is 15.0. The van der Waals surface area contributed by atoms with Crippen LogP contribution in [-0.4, -0.2) is 70.7 Å². The lowest BCUT2D eigenvalue weighted by Gasteiger charge is -2.28. The van der Waals surface area contributed by atoms with Crippen molar-refractivity contribution in [3.63, 3.8) is 0 Å². The van der Waals surface area contributed by atoms with Crippen LogP contribution >= 0.6 is 7.82 Å². The number of quaternary nitrogens is 1. The summed E-state index contributed by atoms with van der Waals surface area (Å²) in [6.45, 7) is 5.38. The lowest BCUT2D eigenvalue weighted by Crippen LogP contribution is -2.37. The SMILES string of the molecule is CCCCCC/C=C\C/C=C\CCCCCCCC(=O)OC(COCCCCCCCCCCCCCC)COP(=O)([O-])OCC[N+](C)(C)C. The molecule has 0 saturated heterocycles. The molecule has 296 valence electrons. The number of ether oxygens (including phenoxy) is 2. The zero-order valence-corrected chi connectivity index (χ0v) is 34.2. The van der Waals surface area contributed by atoms with Crippen molar-refractivity contribution in [3.8, 4) is 0 Å². The highest BCUT2D eigenvalue weighted by Gasteiger charge is 2.20. The number of rotatable bonds is 38. The Morgan fingerprint density at radius 2 is 1.10 bits per heavy atom. The molecule has 0 N–H and O–H groups in total. The molecule has 0 aliphatic rings. The Hall–Kier alpha value is -1.02. The summed E-state index contributed by atoms with van der Waals surface area (Å²) in [6, 6.07) is 0. The van der Waals surface area contributed by atoms with Crippen molar-refractivity contribution in [2.75, 3.05) is 54.1 Å². The van der Waals surface area contributed by atoms with Gasteiger partial charge >= 0.3 is 5.97 Å². The summed E-state index contributed by atoms with van der Waals surface area (Å²) in [5.74, 6) is -0.347. The van der Waals surface area contributed by atoms with E-state index in [-0.39, 0.29) is 25.8 Å². The van der Waals surface area contributed by atoms with Crippen LogP contribution in [0.2, 0.25) is 0 Å². The number of hydrogen-bond donors (Lipinski definition) is 0. The molecule has 0 aliphatic heterocycles. The molecule has 0 aliphatic carbocycles. The van der Waals surface area contributed by atoms with E-state index in [2.05, 4.69) is 38.2 Å². The van der Waals surface area contributed by atoms with Gasteiger partial charge in [-0.1, -0.05) is 147 Å². The fourth-order valence-electron chi connectivity index (χ4n) is 5.52. The largest absolute Gasteiger partial charge is 0.756 e. The summed E-state index contributed by atoms with van der Waals surface area (Å²) in [5, 5.41) is 0. The molecule has 0 aromatic carbocycles. The third-order valence-electron chi connectivity index (χ3n) is 8.76. The maximum absolute atomic E-state index is 12.6. The zero-order chi connectivity index (χ0) is 37.0. The number of esters is 1. The molecule has 50 heavy (non-hydrogen) atoms. The smallest absolute Gasteiger partial charge is 0.306 e. The summed E-state index contributed by atoms with van der Waals surface area (Å²) < 4.78 is 34.5. The maximum atomic E-state index is 12.6. The predicted molar refractivity (Wildman–Crippen MR) is 208 cm³/mol. The van der Waals surface area contributed by atoms with E-state index < -0.39 is 13.9 Å². The quantitative estimate of drug-likeness (QED) is 0.0205. The average molecular weight is 730 g/mol. The maximum Gasteiger partial charge on any atom is 0.306 e. The second kappa shape index (κ2) is 35.0. The highest BCUT2D eigenvalue weighted by molar-refractivity contribution is 7.45. The van der Waals surface area contributed by atoms with Crippen LogP contribution in [0, 0.1) is 0 Å². The van der Waals surface area contributed by atoms with Gasteiger partial charge in [0.25, 0.3) is 7.82 Å². The summed E-state index contributed by atoms with van der Waals surface area (Å²) in [6.07, 6.45) is 37.5. The van der Waals surface area contributed by atoms with Gasteiger partial charge in [0, 0.05) is 13.0 Å². The van der Waals surface area contributed by atoms with Crippen LogP contribution < -0.4 is 4.89 Å². The Kier molecular flexibility index (Phi) is 34.3. The minimum Gasteiger partial charge on any atom is -0.756 e. The molecule has 0 fully saturated rings. The average Bonchev–Trinajstić information content (AvgIpc) is 3.06. The summed E-state index contributed by atoms with van der Waals surface area (Å²) in [5.41, 5.74) is 0. The highest BCUT2D eigenvalue weighted by Crippen LogP contribution is 2.38. The van der Waals surface area contributed by atoms with Gasteiger partial charge in [0.2, 0.25) is 0 Å². The fraction of sp³-hybridized carbons (Fsp3) is 0.878. The number of unbranched alkanes of at least 4 members (excludes halogenated alkanes) is 20. The molecule has 0 saturated carbocycles. The number of hydrogen-bond acceptors (Lipinski definition) is 7. The molecule has 2 atom stereocenters. The summed E-state index contributed by atoms with van der Waals surface area (Å²) >= 11 is 0. The minimum atomic E-state index is -4.52. The van der Waals surface area contributed by atoms with Crippen molar-refractivity contribution < 1.29 is 37.3 Å². The van der Waals surface area contributed by atoms with Crippen LogP contribution in [0.15, 0.2) is 24.3 Å². The van der Waals surface area contributed by atoms with Crippen LogP contribution in [0.1, 0.15) is 174 Å². The standard InChI is InChI=1S/C41H80NO7P/c1-6-8-10-12-14-16-18-20-21-22-23-24-26-28-30-32-34-41(43)49-40(39-48-50(44,45)47-37-35-42(3,4)5)38-46-36-33-31-29-27-25-19-17-15-13-11-9-7-2/h16,18,21-22,40H,6-15,17,19-20,23-39H2,1-5H3/b18-16-,22-21-. The summed E-state index contributed by atoms with van der Waals surface area (Å²) in [7, 11) is 1.35. The van der Waals surface area contributed by atoms with E-state index in [4.69, 9.17) is 18.5 Å². The molecule has 0 heterocycles. The molecule has 0 radical (unpaired) electrons. The third-order valence-corrected chi connectivity index (χ3v) is 9.72. The number of carbonyl (C=O) groups excluding carboxylic acids is 1. The molecular formula is C41H80NO7P. The van der Waals surface area contributed by atoms with E-state index in [0.29, 0.717) is 24.1 Å². The van der Waals surface area contributed by atoms with Gasteiger partial charge in [-0.25, -0.2) is 0 Å². The van der Waals surface area contributed by atoms with Crippen LogP contribution in [0.5, 0.6) is 0 Å². The van der Waals surface area contributed by atoms with Gasteiger partial charge in [-0.2, -0.15) is 0 Å². The Bertz CT molecular complexity index is 858. The number of nitrogens with zero attached hydrogens (tertiary/aromatic N) is 1. The Morgan fingerprint density at radius 1 is 0.620 bits per heavy atom. The lowest BCUT2D eigenvalue weighted by atomic mass is 10.1. The van der Waals surface area contributed by atoms with Crippen LogP contribution in [0.4, 0.5) is 0 Å². The van der Waals surface area contributed by atoms with E-state index in [0.717, 1.165) is 57.8 Å². The molecule has 8 nitrogen and oxygen atoms in total. The Balaban J connectivity index is 4.29. The first kappa shape index (κ1) is 49.0. The topological polar surface area (TPSA) is 94.1 Å². The fourth-order valence-corrected chi connectivity index (χ4v) is 6.25. The van der Waals surface area contributed by atoms with Gasteiger partial charge in [-0.3, -0.25) is 9.36 Å². The Morgan fingerprint density at radius 3 is 1.64 bits per heavy atom. The van der Waals surface area contributed by atoms with Crippen LogP contribution in [0.3, 0.4) is 0 Å². The minimum absolute atomic E-state index is 0.0249. The van der Waals surface area contributed by atoms with E-state index >= 15 is 0 Å². The highest BCUT2D eigenvalue weighted by atomic mass is 31.2. The van der Waals surface area contributed by atoms with Crippen molar-refractivity contribution in [1.82, 2.24) is 0 Å². The number of phosphoric ester groups is 1. The first-order chi connectivity index (χ1) is 24.1. The van der Waals surface area contributed by atoms with Gasteiger partial charge in [0.1, 0.15) is 19.3 Å². The Labute approximate surface area is 309 Å². The van der Waals surface area contributed by atoms with Gasteiger partial charge in [-0.05, 0) is 44.9 Å². The van der Waals surface area contributed by atoms with Gasteiger partial charge in [-0.15, -0.1) is 0 Å². The first-order valence-corrected chi connectivity index (χ1v) is 22.0. The third kappa shape index (κ3) is 38.2.